The largest absolute Gasteiger partial charge is 0.381 e. The molecule has 0 aromatic carbocycles. The maximum Gasteiger partial charge on any atom is 0.223 e. The van der Waals surface area contributed by atoms with Crippen molar-refractivity contribution in [3.8, 4) is 0 Å². The van der Waals surface area contributed by atoms with E-state index in [4.69, 9.17) is 4.74 Å². The number of amides is 1. The van der Waals surface area contributed by atoms with Crippen molar-refractivity contribution >= 4 is 11.7 Å². The van der Waals surface area contributed by atoms with E-state index in [-0.39, 0.29) is 24.5 Å². The maximum atomic E-state index is 12.3. The number of hydrogen-bond acceptors (Lipinski definition) is 4. The van der Waals surface area contributed by atoms with Crippen LogP contribution in [0.2, 0.25) is 0 Å². The number of carbonyl (C=O) groups is 2. The molecule has 1 aliphatic rings. The summed E-state index contributed by atoms with van der Waals surface area (Å²) in [5, 5.41) is 0. The molecule has 1 aliphatic heterocycles. The second-order valence-corrected chi connectivity index (χ2v) is 5.67. The Bertz CT molecular complexity index is 490. The molecule has 0 spiro atoms. The quantitative estimate of drug-likeness (QED) is 0.725. The summed E-state index contributed by atoms with van der Waals surface area (Å²) in [7, 11) is 0. The van der Waals surface area contributed by atoms with Gasteiger partial charge in [0.25, 0.3) is 0 Å². The van der Waals surface area contributed by atoms with E-state index in [0.29, 0.717) is 18.1 Å². The molecular weight excluding hydrogens is 280 g/mol. The molecule has 1 aromatic heterocycles. The maximum absolute atomic E-state index is 12.3. The zero-order chi connectivity index (χ0) is 15.8. The fourth-order valence-corrected chi connectivity index (χ4v) is 2.76. The molecule has 1 atom stereocenters. The average Bonchev–Trinajstić information content (AvgIpc) is 2.58. The van der Waals surface area contributed by atoms with Crippen molar-refractivity contribution in [1.82, 2.24) is 9.88 Å². The Labute approximate surface area is 131 Å². The van der Waals surface area contributed by atoms with Crippen LogP contribution in [0.3, 0.4) is 0 Å². The van der Waals surface area contributed by atoms with Gasteiger partial charge in [-0.25, -0.2) is 0 Å². The summed E-state index contributed by atoms with van der Waals surface area (Å²) < 4.78 is 5.46. The van der Waals surface area contributed by atoms with Crippen LogP contribution < -0.4 is 0 Å². The number of aromatic nitrogens is 1. The Hall–Kier alpha value is -1.75. The number of likely N-dealkylation sites (tertiary alicyclic amines) is 1. The Morgan fingerprint density at radius 1 is 1.41 bits per heavy atom. The number of rotatable bonds is 7. The molecule has 1 amide bonds. The van der Waals surface area contributed by atoms with Gasteiger partial charge in [0, 0.05) is 50.5 Å². The molecule has 0 N–H and O–H groups in total. The number of ether oxygens (including phenoxy) is 1. The van der Waals surface area contributed by atoms with Gasteiger partial charge in [-0.1, -0.05) is 0 Å². The Morgan fingerprint density at radius 3 is 3.00 bits per heavy atom. The van der Waals surface area contributed by atoms with Crippen molar-refractivity contribution in [2.75, 3.05) is 26.3 Å². The van der Waals surface area contributed by atoms with Gasteiger partial charge in [-0.3, -0.25) is 14.6 Å². The minimum atomic E-state index is -0.0238. The van der Waals surface area contributed by atoms with Crippen molar-refractivity contribution in [2.45, 2.75) is 32.6 Å². The van der Waals surface area contributed by atoms with Crippen molar-refractivity contribution < 1.29 is 14.3 Å². The van der Waals surface area contributed by atoms with Crippen LogP contribution in [0, 0.1) is 5.92 Å². The van der Waals surface area contributed by atoms with E-state index in [1.165, 1.54) is 0 Å². The summed E-state index contributed by atoms with van der Waals surface area (Å²) in [5.74, 6) is 0.467. The summed E-state index contributed by atoms with van der Waals surface area (Å²) in [6.45, 7) is 4.96. The molecule has 1 saturated heterocycles. The molecular formula is C17H24N2O3. The number of Topliss-reactive ketones (excluding diaryl/α,β-unsaturated/α-hetero) is 1. The third kappa shape index (κ3) is 4.91. The predicted octanol–water partition coefficient (Wildman–Crippen LogP) is 2.32. The second kappa shape index (κ2) is 8.63. The average molecular weight is 304 g/mol. The molecule has 22 heavy (non-hydrogen) atoms. The fourth-order valence-electron chi connectivity index (χ4n) is 2.76. The van der Waals surface area contributed by atoms with Gasteiger partial charge in [0.05, 0.1) is 6.61 Å². The smallest absolute Gasteiger partial charge is 0.223 e. The molecule has 0 radical (unpaired) electrons. The number of pyridine rings is 1. The highest BCUT2D eigenvalue weighted by molar-refractivity contribution is 5.97. The number of hydrogen-bond donors (Lipinski definition) is 0. The third-order valence-corrected chi connectivity index (χ3v) is 3.98. The van der Waals surface area contributed by atoms with Gasteiger partial charge in [0.2, 0.25) is 5.91 Å². The zero-order valence-corrected chi connectivity index (χ0v) is 13.2. The first-order valence-electron chi connectivity index (χ1n) is 7.99. The molecule has 2 rings (SSSR count). The van der Waals surface area contributed by atoms with Crippen LogP contribution in [-0.4, -0.2) is 47.9 Å². The highest BCUT2D eigenvalue weighted by Gasteiger charge is 2.24. The number of carbonyl (C=O) groups excluding carboxylic acids is 2. The molecule has 0 saturated carbocycles. The van der Waals surface area contributed by atoms with Crippen LogP contribution in [0.4, 0.5) is 0 Å². The van der Waals surface area contributed by atoms with Crippen molar-refractivity contribution in [3.63, 3.8) is 0 Å². The topological polar surface area (TPSA) is 59.5 Å². The minimum Gasteiger partial charge on any atom is -0.381 e. The van der Waals surface area contributed by atoms with E-state index in [1.54, 1.807) is 24.5 Å². The van der Waals surface area contributed by atoms with Crippen LogP contribution in [0.25, 0.3) is 0 Å². The van der Waals surface area contributed by atoms with Crippen molar-refractivity contribution in [1.29, 1.82) is 0 Å². The first-order chi connectivity index (χ1) is 10.7. The Morgan fingerprint density at radius 2 is 2.27 bits per heavy atom. The lowest BCUT2D eigenvalue weighted by atomic mass is 9.98. The summed E-state index contributed by atoms with van der Waals surface area (Å²) in [6, 6.07) is 3.47. The van der Waals surface area contributed by atoms with Crippen molar-refractivity contribution in [3.05, 3.63) is 30.1 Å². The normalized spacial score (nSPS) is 18.2. The summed E-state index contributed by atoms with van der Waals surface area (Å²) in [5.41, 5.74) is 0.572. The number of piperidine rings is 1. The molecule has 1 fully saturated rings. The molecule has 1 unspecified atom stereocenters. The van der Waals surface area contributed by atoms with E-state index in [2.05, 4.69) is 4.98 Å². The zero-order valence-electron chi connectivity index (χ0n) is 13.2. The van der Waals surface area contributed by atoms with Crippen LogP contribution >= 0.6 is 0 Å². The summed E-state index contributed by atoms with van der Waals surface area (Å²) >= 11 is 0. The first kappa shape index (κ1) is 16.6. The summed E-state index contributed by atoms with van der Waals surface area (Å²) in [4.78, 5) is 30.1. The first-order valence-corrected chi connectivity index (χ1v) is 7.99. The SMILES string of the molecule is CCOCC1CCCN(C(=O)CCC(=O)c2cccnc2)C1. The number of ketones is 1. The molecule has 0 aliphatic carbocycles. The monoisotopic (exact) mass is 304 g/mol. The summed E-state index contributed by atoms with van der Waals surface area (Å²) in [6.07, 6.45) is 5.82. The second-order valence-electron chi connectivity index (χ2n) is 5.67. The van der Waals surface area contributed by atoms with Crippen LogP contribution in [0.1, 0.15) is 43.0 Å². The lowest BCUT2D eigenvalue weighted by Gasteiger charge is -2.32. The van der Waals surface area contributed by atoms with Crippen LogP contribution in [0.5, 0.6) is 0 Å². The van der Waals surface area contributed by atoms with Gasteiger partial charge in [-0.05, 0) is 37.8 Å². The van der Waals surface area contributed by atoms with Gasteiger partial charge in [-0.2, -0.15) is 0 Å². The molecule has 1 aromatic rings. The molecule has 5 nitrogen and oxygen atoms in total. The van der Waals surface area contributed by atoms with Crippen LogP contribution in [-0.2, 0) is 9.53 Å². The highest BCUT2D eigenvalue weighted by Crippen LogP contribution is 2.18. The molecule has 0 bridgehead atoms. The van der Waals surface area contributed by atoms with E-state index in [1.807, 2.05) is 11.8 Å². The van der Waals surface area contributed by atoms with E-state index >= 15 is 0 Å². The lowest BCUT2D eigenvalue weighted by Crippen LogP contribution is -2.41. The molecule has 120 valence electrons. The van der Waals surface area contributed by atoms with E-state index in [0.717, 1.165) is 32.5 Å². The minimum absolute atomic E-state index is 0.0238. The van der Waals surface area contributed by atoms with Crippen molar-refractivity contribution in [2.24, 2.45) is 5.92 Å². The third-order valence-electron chi connectivity index (χ3n) is 3.98. The lowest BCUT2D eigenvalue weighted by molar-refractivity contribution is -0.133. The van der Waals surface area contributed by atoms with Crippen LogP contribution in [0.15, 0.2) is 24.5 Å². The van der Waals surface area contributed by atoms with Gasteiger partial charge < -0.3 is 9.64 Å². The highest BCUT2D eigenvalue weighted by atomic mass is 16.5. The number of nitrogens with zero attached hydrogens (tertiary/aromatic N) is 2. The van der Waals surface area contributed by atoms with Gasteiger partial charge in [-0.15, -0.1) is 0 Å². The van der Waals surface area contributed by atoms with Gasteiger partial charge in [0.15, 0.2) is 5.78 Å². The van der Waals surface area contributed by atoms with E-state index < -0.39 is 0 Å². The Kier molecular flexibility index (Phi) is 6.52. The standard InChI is InChI=1S/C17H24N2O3/c1-2-22-13-14-5-4-10-19(12-14)17(21)8-7-16(20)15-6-3-9-18-11-15/h3,6,9,11,14H,2,4-5,7-8,10,12-13H2,1H3. The molecule has 2 heterocycles. The predicted molar refractivity (Wildman–Crippen MR) is 83.6 cm³/mol. The van der Waals surface area contributed by atoms with E-state index in [9.17, 15) is 9.59 Å². The van der Waals surface area contributed by atoms with Gasteiger partial charge in [0.1, 0.15) is 0 Å². The fraction of sp³-hybridized carbons (Fsp3) is 0.588. The van der Waals surface area contributed by atoms with Gasteiger partial charge >= 0.3 is 0 Å². The molecule has 5 heteroatoms. The Balaban J connectivity index is 1.78.